The lowest BCUT2D eigenvalue weighted by molar-refractivity contribution is -0.140. The summed E-state index contributed by atoms with van der Waals surface area (Å²) in [6.45, 7) is 1.92. The summed E-state index contributed by atoms with van der Waals surface area (Å²) in [6, 6.07) is 13.4. The maximum atomic E-state index is 12.2. The Kier molecular flexibility index (Phi) is 3.03. The van der Waals surface area contributed by atoms with E-state index in [1.165, 1.54) is 0 Å². The fraction of sp³-hybridized carbons (Fsp3) is 0.211. The van der Waals surface area contributed by atoms with Crippen molar-refractivity contribution in [2.75, 3.05) is 0 Å². The molecule has 0 saturated heterocycles. The quantitative estimate of drug-likeness (QED) is 0.815. The Morgan fingerprint density at radius 2 is 1.74 bits per heavy atom. The van der Waals surface area contributed by atoms with Crippen LogP contribution in [0.25, 0.3) is 16.7 Å². The van der Waals surface area contributed by atoms with Gasteiger partial charge in [0.15, 0.2) is 11.4 Å². The van der Waals surface area contributed by atoms with Crippen LogP contribution in [-0.2, 0) is 9.53 Å². The zero-order valence-corrected chi connectivity index (χ0v) is 13.4. The molecule has 1 aliphatic heterocycles. The highest BCUT2D eigenvalue weighted by atomic mass is 35.5. The largest absolute Gasteiger partial charge is 0.507 e. The van der Waals surface area contributed by atoms with Gasteiger partial charge >= 0.3 is 5.97 Å². The van der Waals surface area contributed by atoms with Gasteiger partial charge in [-0.2, -0.15) is 0 Å². The molecule has 1 heterocycles. The lowest BCUT2D eigenvalue weighted by Crippen LogP contribution is -2.11. The smallest absolute Gasteiger partial charge is 0.343 e. The molecular formula is C19H15ClO3. The standard InChI is InChI=1S/C19H15ClO3/c1-11-2-3-13(12-4-6-14(20)7-5-12)10-15(11)16-17(21)19(8-9-19)23-18(16)22/h2-7,10,21H,8-9H2,1H3. The molecule has 2 aliphatic rings. The maximum absolute atomic E-state index is 12.2. The van der Waals surface area contributed by atoms with Gasteiger partial charge in [-0.3, -0.25) is 0 Å². The first kappa shape index (κ1) is 14.3. The van der Waals surface area contributed by atoms with Crippen molar-refractivity contribution in [1.82, 2.24) is 0 Å². The van der Waals surface area contributed by atoms with Crippen LogP contribution in [0.1, 0.15) is 24.0 Å². The molecule has 23 heavy (non-hydrogen) atoms. The average Bonchev–Trinajstić information content (AvgIpc) is 3.26. The third kappa shape index (κ3) is 2.23. The number of ether oxygens (including phenoxy) is 1. The van der Waals surface area contributed by atoms with Gasteiger partial charge in [-0.1, -0.05) is 35.9 Å². The summed E-state index contributed by atoms with van der Waals surface area (Å²) in [7, 11) is 0. The van der Waals surface area contributed by atoms with Crippen molar-refractivity contribution < 1.29 is 14.6 Å². The number of halogens is 1. The zero-order valence-electron chi connectivity index (χ0n) is 12.6. The van der Waals surface area contributed by atoms with Crippen molar-refractivity contribution in [2.24, 2.45) is 0 Å². The van der Waals surface area contributed by atoms with E-state index in [2.05, 4.69) is 0 Å². The van der Waals surface area contributed by atoms with Gasteiger partial charge in [0, 0.05) is 5.02 Å². The van der Waals surface area contributed by atoms with Crippen LogP contribution in [0.2, 0.25) is 5.02 Å². The van der Waals surface area contributed by atoms with Gasteiger partial charge in [-0.25, -0.2) is 4.79 Å². The predicted octanol–water partition coefficient (Wildman–Crippen LogP) is 4.67. The molecule has 3 nitrogen and oxygen atoms in total. The van der Waals surface area contributed by atoms with E-state index >= 15 is 0 Å². The molecule has 116 valence electrons. The molecule has 4 rings (SSSR count). The molecule has 0 atom stereocenters. The topological polar surface area (TPSA) is 46.5 Å². The number of hydrogen-bond acceptors (Lipinski definition) is 3. The highest BCUT2D eigenvalue weighted by Crippen LogP contribution is 2.52. The van der Waals surface area contributed by atoms with Crippen LogP contribution in [0.3, 0.4) is 0 Å². The molecule has 1 N–H and O–H groups in total. The number of rotatable bonds is 2. The number of aliphatic hydroxyl groups is 1. The molecule has 4 heteroatoms. The third-order valence-electron chi connectivity index (χ3n) is 4.55. The summed E-state index contributed by atoms with van der Waals surface area (Å²) in [4.78, 5) is 12.2. The van der Waals surface area contributed by atoms with Crippen LogP contribution in [-0.4, -0.2) is 16.7 Å². The molecular weight excluding hydrogens is 312 g/mol. The van der Waals surface area contributed by atoms with Gasteiger partial charge in [-0.05, 0) is 60.2 Å². The summed E-state index contributed by atoms with van der Waals surface area (Å²) >= 11 is 5.93. The predicted molar refractivity (Wildman–Crippen MR) is 89.2 cm³/mol. The fourth-order valence-electron chi connectivity index (χ4n) is 3.00. The van der Waals surface area contributed by atoms with Gasteiger partial charge in [0.25, 0.3) is 0 Å². The SMILES string of the molecule is Cc1ccc(-c2ccc(Cl)cc2)cc1C1=C(O)C2(CC2)OC1=O. The molecule has 0 aromatic heterocycles. The van der Waals surface area contributed by atoms with Crippen LogP contribution < -0.4 is 0 Å². The van der Waals surface area contributed by atoms with Gasteiger partial charge < -0.3 is 9.84 Å². The summed E-state index contributed by atoms with van der Waals surface area (Å²) in [6.07, 6.45) is 1.40. The first-order valence-corrected chi connectivity index (χ1v) is 7.92. The van der Waals surface area contributed by atoms with E-state index < -0.39 is 11.6 Å². The van der Waals surface area contributed by atoms with Crippen LogP contribution in [0.4, 0.5) is 0 Å². The Hall–Kier alpha value is -2.26. The molecule has 2 aromatic carbocycles. The first-order valence-electron chi connectivity index (χ1n) is 7.54. The van der Waals surface area contributed by atoms with Crippen molar-refractivity contribution in [3.05, 3.63) is 64.4 Å². The van der Waals surface area contributed by atoms with Crippen molar-refractivity contribution in [1.29, 1.82) is 0 Å². The minimum atomic E-state index is -0.741. The number of benzene rings is 2. The number of esters is 1. The molecule has 0 bridgehead atoms. The van der Waals surface area contributed by atoms with E-state index in [9.17, 15) is 9.90 Å². The van der Waals surface area contributed by atoms with Gasteiger partial charge in [0.1, 0.15) is 5.57 Å². The molecule has 1 spiro atoms. The van der Waals surface area contributed by atoms with Gasteiger partial charge in [-0.15, -0.1) is 0 Å². The second-order valence-corrected chi connectivity index (χ2v) is 6.58. The number of aliphatic hydroxyl groups excluding tert-OH is 1. The summed E-state index contributed by atoms with van der Waals surface area (Å²) in [5, 5.41) is 11.1. The zero-order chi connectivity index (χ0) is 16.2. The summed E-state index contributed by atoms with van der Waals surface area (Å²) in [5.74, 6) is -0.352. The van der Waals surface area contributed by atoms with Crippen molar-refractivity contribution >= 4 is 23.1 Å². The van der Waals surface area contributed by atoms with Crippen LogP contribution in [0.15, 0.2) is 48.2 Å². The normalized spacial score (nSPS) is 18.4. The molecule has 0 amide bonds. The second-order valence-electron chi connectivity index (χ2n) is 6.14. The molecule has 1 fully saturated rings. The van der Waals surface area contributed by atoms with Crippen molar-refractivity contribution in [3.63, 3.8) is 0 Å². The second kappa shape index (κ2) is 4.87. The van der Waals surface area contributed by atoms with Crippen LogP contribution in [0.5, 0.6) is 0 Å². The third-order valence-corrected chi connectivity index (χ3v) is 4.80. The Labute approximate surface area is 139 Å². The van der Waals surface area contributed by atoms with E-state index in [0.717, 1.165) is 22.3 Å². The lowest BCUT2D eigenvalue weighted by atomic mass is 9.94. The minimum Gasteiger partial charge on any atom is -0.507 e. The molecule has 2 aromatic rings. The van der Waals surface area contributed by atoms with E-state index in [1.54, 1.807) is 0 Å². The number of hydrogen-bond donors (Lipinski definition) is 1. The summed E-state index contributed by atoms with van der Waals surface area (Å²) < 4.78 is 5.37. The van der Waals surface area contributed by atoms with Crippen molar-refractivity contribution in [2.45, 2.75) is 25.4 Å². The molecule has 0 radical (unpaired) electrons. The Morgan fingerprint density at radius 1 is 1.09 bits per heavy atom. The molecule has 0 unspecified atom stereocenters. The Morgan fingerprint density at radius 3 is 2.35 bits per heavy atom. The van der Waals surface area contributed by atoms with Crippen LogP contribution >= 0.6 is 11.6 Å². The lowest BCUT2D eigenvalue weighted by Gasteiger charge is -2.09. The number of carbonyl (C=O) groups excluding carboxylic acids is 1. The van der Waals surface area contributed by atoms with E-state index in [4.69, 9.17) is 16.3 Å². The summed E-state index contributed by atoms with van der Waals surface area (Å²) in [5.41, 5.74) is 3.18. The number of carbonyl (C=O) groups is 1. The van der Waals surface area contributed by atoms with E-state index in [0.29, 0.717) is 23.4 Å². The maximum Gasteiger partial charge on any atom is 0.343 e. The Bertz CT molecular complexity index is 845. The van der Waals surface area contributed by atoms with E-state index in [1.807, 2.05) is 49.4 Å². The Balaban J connectivity index is 1.83. The highest BCUT2D eigenvalue weighted by molar-refractivity contribution is 6.30. The molecule has 1 saturated carbocycles. The van der Waals surface area contributed by atoms with E-state index in [-0.39, 0.29) is 5.76 Å². The minimum absolute atomic E-state index is 0.0823. The monoisotopic (exact) mass is 326 g/mol. The average molecular weight is 327 g/mol. The highest BCUT2D eigenvalue weighted by Gasteiger charge is 2.57. The van der Waals surface area contributed by atoms with Gasteiger partial charge in [0.05, 0.1) is 0 Å². The van der Waals surface area contributed by atoms with Crippen molar-refractivity contribution in [3.8, 4) is 11.1 Å². The van der Waals surface area contributed by atoms with Gasteiger partial charge in [0.2, 0.25) is 0 Å². The fourth-order valence-corrected chi connectivity index (χ4v) is 3.13. The first-order chi connectivity index (χ1) is 11.0. The van der Waals surface area contributed by atoms with Crippen LogP contribution in [0, 0.1) is 6.92 Å². The molecule has 1 aliphatic carbocycles. The number of aryl methyl sites for hydroxylation is 1.